The van der Waals surface area contributed by atoms with E-state index in [1.165, 1.54) is 70.6 Å². The molecule has 0 heteroatoms. The molecule has 0 nitrogen and oxygen atoms in total. The molecule has 0 aliphatic heterocycles. The average Bonchev–Trinajstić information content (AvgIpc) is 2.39. The van der Waals surface area contributed by atoms with Crippen molar-refractivity contribution in [2.24, 2.45) is 23.7 Å². The Morgan fingerprint density at radius 1 is 0.944 bits per heavy atom. The molecule has 4 unspecified atom stereocenters. The fourth-order valence-electron chi connectivity index (χ4n) is 4.51. The molecule has 2 rings (SSSR count). The molecule has 4 atom stereocenters. The van der Waals surface area contributed by atoms with Crippen LogP contribution >= 0.6 is 0 Å². The van der Waals surface area contributed by atoms with Gasteiger partial charge in [0.05, 0.1) is 0 Å². The summed E-state index contributed by atoms with van der Waals surface area (Å²) in [6, 6.07) is 0. The molecule has 2 aliphatic carbocycles. The summed E-state index contributed by atoms with van der Waals surface area (Å²) in [5.41, 5.74) is 0. The summed E-state index contributed by atoms with van der Waals surface area (Å²) in [6.07, 6.45) is 18.5. The first-order chi connectivity index (χ1) is 8.85. The van der Waals surface area contributed by atoms with Crippen LogP contribution in [0.25, 0.3) is 0 Å². The van der Waals surface area contributed by atoms with Crippen LogP contribution in [0.3, 0.4) is 0 Å². The van der Waals surface area contributed by atoms with Gasteiger partial charge in [-0.25, -0.2) is 0 Å². The average molecular weight is 248 g/mol. The Labute approximate surface area is 114 Å². The monoisotopic (exact) mass is 248 g/mol. The summed E-state index contributed by atoms with van der Waals surface area (Å²) < 4.78 is 0. The largest absolute Gasteiger partial charge is 0.103 e. The Hall–Kier alpha value is -0.260. The van der Waals surface area contributed by atoms with Crippen LogP contribution in [-0.2, 0) is 0 Å². The minimum Gasteiger partial charge on any atom is -0.103 e. The third-order valence-electron chi connectivity index (χ3n) is 5.68. The first kappa shape index (κ1) is 14.2. The van der Waals surface area contributed by atoms with E-state index >= 15 is 0 Å². The summed E-state index contributed by atoms with van der Waals surface area (Å²) in [6.45, 7) is 6.53. The van der Waals surface area contributed by atoms with Gasteiger partial charge >= 0.3 is 0 Å². The Bertz CT molecular complexity index is 242. The third kappa shape index (κ3) is 3.62. The number of rotatable bonds is 3. The van der Waals surface area contributed by atoms with E-state index in [4.69, 9.17) is 0 Å². The second-order valence-electron chi connectivity index (χ2n) is 6.76. The summed E-state index contributed by atoms with van der Waals surface area (Å²) >= 11 is 0. The van der Waals surface area contributed by atoms with Crippen molar-refractivity contribution in [1.82, 2.24) is 0 Å². The van der Waals surface area contributed by atoms with Gasteiger partial charge in [0.15, 0.2) is 0 Å². The van der Waals surface area contributed by atoms with E-state index in [0.717, 1.165) is 23.7 Å². The molecular weight excluding hydrogens is 216 g/mol. The van der Waals surface area contributed by atoms with E-state index in [1.807, 2.05) is 0 Å². The van der Waals surface area contributed by atoms with Gasteiger partial charge in [0.2, 0.25) is 0 Å². The van der Waals surface area contributed by atoms with Gasteiger partial charge in [0.25, 0.3) is 0 Å². The molecular formula is C18H32. The maximum Gasteiger partial charge on any atom is -0.0205 e. The Kier molecular flexibility index (Phi) is 5.79. The van der Waals surface area contributed by atoms with E-state index in [0.29, 0.717) is 0 Å². The molecule has 2 fully saturated rings. The maximum atomic E-state index is 4.14. The highest BCUT2D eigenvalue weighted by atomic mass is 14.4. The van der Waals surface area contributed by atoms with Crippen LogP contribution in [0.5, 0.6) is 0 Å². The van der Waals surface area contributed by atoms with E-state index < -0.39 is 0 Å². The predicted molar refractivity (Wildman–Crippen MR) is 80.6 cm³/mol. The van der Waals surface area contributed by atoms with Crippen LogP contribution < -0.4 is 0 Å². The second kappa shape index (κ2) is 7.36. The molecule has 0 saturated heterocycles. The van der Waals surface area contributed by atoms with Gasteiger partial charge in [-0.2, -0.15) is 0 Å². The summed E-state index contributed by atoms with van der Waals surface area (Å²) in [5.74, 6) is 3.84. The van der Waals surface area contributed by atoms with Crippen molar-refractivity contribution in [1.29, 1.82) is 0 Å². The lowest BCUT2D eigenvalue weighted by atomic mass is 9.67. The summed E-state index contributed by atoms with van der Waals surface area (Å²) in [7, 11) is 0. The topological polar surface area (TPSA) is 0 Å². The molecule has 0 heterocycles. The highest BCUT2D eigenvalue weighted by Crippen LogP contribution is 2.42. The van der Waals surface area contributed by atoms with Gasteiger partial charge in [0, 0.05) is 0 Å². The number of hydrogen-bond donors (Lipinski definition) is 0. The smallest absolute Gasteiger partial charge is 0.0205 e. The minimum absolute atomic E-state index is 0.825. The van der Waals surface area contributed by atoms with Gasteiger partial charge < -0.3 is 0 Å². The number of allylic oxidation sites excluding steroid dienone is 1. The Balaban J connectivity index is 1.99. The first-order valence-corrected chi connectivity index (χ1v) is 8.47. The lowest BCUT2D eigenvalue weighted by molar-refractivity contribution is 0.138. The van der Waals surface area contributed by atoms with E-state index in [9.17, 15) is 0 Å². The minimum atomic E-state index is 0.825. The fourth-order valence-corrected chi connectivity index (χ4v) is 4.51. The van der Waals surface area contributed by atoms with Crippen molar-refractivity contribution >= 4 is 0 Å². The van der Waals surface area contributed by atoms with Crippen molar-refractivity contribution in [2.75, 3.05) is 0 Å². The van der Waals surface area contributed by atoms with Gasteiger partial charge in [-0.05, 0) is 42.9 Å². The standard InChI is InChI=1S/C18H32/c1-3-15-10-9-12-17(14-15)18-13-8-6-5-7-11-16(18)4-2/h4,15-18H,2-3,5-14H2,1H3. The highest BCUT2D eigenvalue weighted by Gasteiger charge is 2.31. The lowest BCUT2D eigenvalue weighted by Gasteiger charge is -2.38. The zero-order valence-corrected chi connectivity index (χ0v) is 12.4. The third-order valence-corrected chi connectivity index (χ3v) is 5.68. The van der Waals surface area contributed by atoms with Crippen molar-refractivity contribution in [2.45, 2.75) is 77.6 Å². The highest BCUT2D eigenvalue weighted by molar-refractivity contribution is 4.90. The maximum absolute atomic E-state index is 4.14. The van der Waals surface area contributed by atoms with Crippen LogP contribution in [0.15, 0.2) is 12.7 Å². The molecule has 0 amide bonds. The molecule has 18 heavy (non-hydrogen) atoms. The normalized spacial score (nSPS) is 38.7. The fraction of sp³-hybridized carbons (Fsp3) is 0.889. The Morgan fingerprint density at radius 2 is 1.72 bits per heavy atom. The van der Waals surface area contributed by atoms with Gasteiger partial charge in [-0.15, -0.1) is 6.58 Å². The first-order valence-electron chi connectivity index (χ1n) is 8.47. The second-order valence-corrected chi connectivity index (χ2v) is 6.76. The van der Waals surface area contributed by atoms with Crippen molar-refractivity contribution in [3.05, 3.63) is 12.7 Å². The predicted octanol–water partition coefficient (Wildman–Crippen LogP) is 5.98. The van der Waals surface area contributed by atoms with Crippen LogP contribution in [0.1, 0.15) is 77.6 Å². The van der Waals surface area contributed by atoms with Crippen LogP contribution in [0, 0.1) is 23.7 Å². The summed E-state index contributed by atoms with van der Waals surface area (Å²) in [4.78, 5) is 0. The zero-order chi connectivity index (χ0) is 12.8. The molecule has 0 aromatic heterocycles. The molecule has 104 valence electrons. The molecule has 0 aromatic rings. The van der Waals surface area contributed by atoms with Crippen molar-refractivity contribution in [3.8, 4) is 0 Å². The Morgan fingerprint density at radius 3 is 2.44 bits per heavy atom. The molecule has 2 saturated carbocycles. The summed E-state index contributed by atoms with van der Waals surface area (Å²) in [5, 5.41) is 0. The molecule has 0 radical (unpaired) electrons. The van der Waals surface area contributed by atoms with Crippen LogP contribution in [0.4, 0.5) is 0 Å². The van der Waals surface area contributed by atoms with E-state index in [2.05, 4.69) is 19.6 Å². The molecule has 0 bridgehead atoms. The van der Waals surface area contributed by atoms with Crippen molar-refractivity contribution < 1.29 is 0 Å². The van der Waals surface area contributed by atoms with E-state index in [-0.39, 0.29) is 0 Å². The zero-order valence-electron chi connectivity index (χ0n) is 12.4. The number of hydrogen-bond acceptors (Lipinski definition) is 0. The molecule has 0 spiro atoms. The molecule has 0 aromatic carbocycles. The van der Waals surface area contributed by atoms with Crippen LogP contribution in [-0.4, -0.2) is 0 Å². The molecule has 0 N–H and O–H groups in total. The van der Waals surface area contributed by atoms with Crippen molar-refractivity contribution in [3.63, 3.8) is 0 Å². The van der Waals surface area contributed by atoms with Gasteiger partial charge in [0.1, 0.15) is 0 Å². The van der Waals surface area contributed by atoms with E-state index in [1.54, 1.807) is 0 Å². The van der Waals surface area contributed by atoms with Gasteiger partial charge in [-0.3, -0.25) is 0 Å². The molecule has 2 aliphatic rings. The SMILES string of the molecule is C=CC1CCCCCCC1C1CCCC(CC)C1. The lowest BCUT2D eigenvalue weighted by Crippen LogP contribution is -2.28. The quantitative estimate of drug-likeness (QED) is 0.539. The van der Waals surface area contributed by atoms with Crippen LogP contribution in [0.2, 0.25) is 0 Å². The van der Waals surface area contributed by atoms with Gasteiger partial charge in [-0.1, -0.05) is 64.4 Å².